The minimum atomic E-state index is -0.0735. The number of carbonyl (C=O) groups excluding carboxylic acids is 1. The lowest BCUT2D eigenvalue weighted by atomic mass is 10.0. The normalized spacial score (nSPS) is 11.1. The molecule has 3 rings (SSSR count). The second kappa shape index (κ2) is 6.55. The Morgan fingerprint density at radius 2 is 2.04 bits per heavy atom. The van der Waals surface area contributed by atoms with Crippen LogP contribution in [0.3, 0.4) is 0 Å². The molecule has 3 heterocycles. The van der Waals surface area contributed by atoms with Crippen LogP contribution in [0, 0.1) is 0 Å². The van der Waals surface area contributed by atoms with Gasteiger partial charge in [-0.15, -0.1) is 0 Å². The highest BCUT2D eigenvalue weighted by Gasteiger charge is 2.20. The summed E-state index contributed by atoms with van der Waals surface area (Å²) >= 11 is 0. The van der Waals surface area contributed by atoms with Crippen LogP contribution in [0.1, 0.15) is 35.8 Å². The van der Waals surface area contributed by atoms with E-state index in [1.54, 1.807) is 25.7 Å². The van der Waals surface area contributed by atoms with E-state index in [0.717, 1.165) is 16.6 Å². The lowest BCUT2D eigenvalue weighted by molar-refractivity contribution is 0.103. The Morgan fingerprint density at radius 3 is 2.68 bits per heavy atom. The number of ether oxygens (including phenoxy) is 1. The zero-order valence-electron chi connectivity index (χ0n) is 15.1. The van der Waals surface area contributed by atoms with Crippen LogP contribution >= 0.6 is 0 Å². The van der Waals surface area contributed by atoms with E-state index in [2.05, 4.69) is 28.4 Å². The van der Waals surface area contributed by atoms with Crippen molar-refractivity contribution in [2.45, 2.75) is 19.9 Å². The third-order valence-electron chi connectivity index (χ3n) is 4.21. The van der Waals surface area contributed by atoms with E-state index in [9.17, 15) is 4.79 Å². The third-order valence-corrected chi connectivity index (χ3v) is 4.21. The average molecular weight is 338 g/mol. The molecule has 0 N–H and O–H groups in total. The van der Waals surface area contributed by atoms with E-state index in [-0.39, 0.29) is 11.8 Å². The number of aromatic nitrogens is 3. The summed E-state index contributed by atoms with van der Waals surface area (Å²) < 4.78 is 7.37. The molecule has 130 valence electrons. The zero-order chi connectivity index (χ0) is 18.1. The van der Waals surface area contributed by atoms with Gasteiger partial charge in [0.15, 0.2) is 5.78 Å². The van der Waals surface area contributed by atoms with Gasteiger partial charge in [0, 0.05) is 61.4 Å². The molecule has 3 aromatic rings. The van der Waals surface area contributed by atoms with Crippen LogP contribution in [-0.4, -0.2) is 41.5 Å². The van der Waals surface area contributed by atoms with Gasteiger partial charge in [0.1, 0.15) is 5.69 Å². The molecule has 3 aromatic heterocycles. The topological polar surface area (TPSA) is 60.2 Å². The summed E-state index contributed by atoms with van der Waals surface area (Å²) in [7, 11) is 5.35. The lowest BCUT2D eigenvalue weighted by Crippen LogP contribution is -2.13. The largest absolute Gasteiger partial charge is 0.480 e. The Hall–Kier alpha value is -2.89. The first kappa shape index (κ1) is 17.0. The summed E-state index contributed by atoms with van der Waals surface area (Å²) in [4.78, 5) is 23.5. The third kappa shape index (κ3) is 2.95. The van der Waals surface area contributed by atoms with Crippen molar-refractivity contribution in [3.05, 3.63) is 48.0 Å². The minimum Gasteiger partial charge on any atom is -0.480 e. The number of hydrogen-bond acceptors (Lipinski definition) is 5. The Balaban J connectivity index is 2.13. The number of ketones is 1. The van der Waals surface area contributed by atoms with Crippen LogP contribution in [0.4, 0.5) is 5.69 Å². The van der Waals surface area contributed by atoms with Crippen molar-refractivity contribution in [2.75, 3.05) is 26.1 Å². The summed E-state index contributed by atoms with van der Waals surface area (Å²) in [5.41, 5.74) is 2.92. The molecule has 0 saturated heterocycles. The van der Waals surface area contributed by atoms with Crippen molar-refractivity contribution in [3.63, 3.8) is 0 Å². The van der Waals surface area contributed by atoms with Crippen LogP contribution in [0.2, 0.25) is 0 Å². The molecule has 0 aromatic carbocycles. The van der Waals surface area contributed by atoms with Crippen molar-refractivity contribution >= 4 is 22.4 Å². The SMILES string of the molecule is COc1ncc(C(=O)c2cn(C(C)C)c3ccncc23)cc1N(C)C. The summed E-state index contributed by atoms with van der Waals surface area (Å²) in [5.74, 6) is 0.420. The number of carbonyl (C=O) groups is 1. The molecule has 0 saturated carbocycles. The summed E-state index contributed by atoms with van der Waals surface area (Å²) in [6.45, 7) is 4.18. The van der Waals surface area contributed by atoms with Gasteiger partial charge in [0.2, 0.25) is 5.88 Å². The van der Waals surface area contributed by atoms with E-state index in [4.69, 9.17) is 4.74 Å². The van der Waals surface area contributed by atoms with Gasteiger partial charge in [-0.1, -0.05) is 0 Å². The number of hydrogen-bond donors (Lipinski definition) is 0. The number of rotatable bonds is 5. The van der Waals surface area contributed by atoms with Gasteiger partial charge < -0.3 is 14.2 Å². The van der Waals surface area contributed by atoms with Gasteiger partial charge in [-0.25, -0.2) is 4.98 Å². The molecule has 0 spiro atoms. The molecule has 0 unspecified atom stereocenters. The molecular formula is C19H22N4O2. The number of anilines is 1. The van der Waals surface area contributed by atoms with Gasteiger partial charge in [-0.2, -0.15) is 0 Å². The van der Waals surface area contributed by atoms with Gasteiger partial charge in [0.05, 0.1) is 12.6 Å². The number of methoxy groups -OCH3 is 1. The van der Waals surface area contributed by atoms with Gasteiger partial charge in [-0.3, -0.25) is 9.78 Å². The molecule has 0 aliphatic rings. The highest BCUT2D eigenvalue weighted by molar-refractivity contribution is 6.16. The maximum absolute atomic E-state index is 13.1. The lowest BCUT2D eigenvalue weighted by Gasteiger charge is -2.16. The first-order chi connectivity index (χ1) is 11.9. The predicted molar refractivity (Wildman–Crippen MR) is 98.7 cm³/mol. The summed E-state index contributed by atoms with van der Waals surface area (Å²) in [5, 5.41) is 0.850. The minimum absolute atomic E-state index is 0.0735. The fraction of sp³-hybridized carbons (Fsp3) is 0.316. The zero-order valence-corrected chi connectivity index (χ0v) is 15.1. The number of nitrogens with zero attached hydrogens (tertiary/aromatic N) is 4. The van der Waals surface area contributed by atoms with Gasteiger partial charge >= 0.3 is 0 Å². The number of fused-ring (bicyclic) bond motifs is 1. The smallest absolute Gasteiger partial charge is 0.237 e. The maximum atomic E-state index is 13.1. The second-order valence-corrected chi connectivity index (χ2v) is 6.41. The fourth-order valence-electron chi connectivity index (χ4n) is 2.90. The van der Waals surface area contributed by atoms with Crippen LogP contribution in [-0.2, 0) is 0 Å². The fourth-order valence-corrected chi connectivity index (χ4v) is 2.90. The van der Waals surface area contributed by atoms with E-state index < -0.39 is 0 Å². The highest BCUT2D eigenvalue weighted by atomic mass is 16.5. The molecule has 0 aliphatic heterocycles. The standard InChI is InChI=1S/C19H22N4O2/c1-12(2)23-11-15(14-10-20-7-6-16(14)23)18(24)13-8-17(22(3)4)19(25-5)21-9-13/h6-12H,1-5H3. The van der Waals surface area contributed by atoms with Crippen molar-refractivity contribution in [1.29, 1.82) is 0 Å². The molecule has 0 amide bonds. The van der Waals surface area contributed by atoms with Crippen LogP contribution < -0.4 is 9.64 Å². The molecule has 0 bridgehead atoms. The second-order valence-electron chi connectivity index (χ2n) is 6.41. The molecule has 0 aliphatic carbocycles. The quantitative estimate of drug-likeness (QED) is 0.668. The Bertz CT molecular complexity index is 928. The molecule has 0 fully saturated rings. The van der Waals surface area contributed by atoms with Crippen molar-refractivity contribution in [2.24, 2.45) is 0 Å². The molecule has 25 heavy (non-hydrogen) atoms. The van der Waals surface area contributed by atoms with E-state index in [1.165, 1.54) is 0 Å². The van der Waals surface area contributed by atoms with Crippen LogP contribution in [0.15, 0.2) is 36.9 Å². The number of pyridine rings is 2. The Kier molecular flexibility index (Phi) is 4.44. The predicted octanol–water partition coefficient (Wildman–Crippen LogP) is 3.32. The Labute approximate surface area is 147 Å². The molecule has 0 radical (unpaired) electrons. The molecule has 0 atom stereocenters. The van der Waals surface area contributed by atoms with E-state index >= 15 is 0 Å². The monoisotopic (exact) mass is 338 g/mol. The van der Waals surface area contributed by atoms with E-state index in [0.29, 0.717) is 17.0 Å². The molecule has 6 heteroatoms. The van der Waals surface area contributed by atoms with Crippen molar-refractivity contribution in [3.8, 4) is 5.88 Å². The highest BCUT2D eigenvalue weighted by Crippen LogP contribution is 2.29. The first-order valence-corrected chi connectivity index (χ1v) is 8.14. The maximum Gasteiger partial charge on any atom is 0.237 e. The van der Waals surface area contributed by atoms with Crippen molar-refractivity contribution in [1.82, 2.24) is 14.5 Å². The van der Waals surface area contributed by atoms with Crippen LogP contribution in [0.25, 0.3) is 10.9 Å². The molecule has 6 nitrogen and oxygen atoms in total. The van der Waals surface area contributed by atoms with Gasteiger partial charge in [0.25, 0.3) is 0 Å². The van der Waals surface area contributed by atoms with E-state index in [1.807, 2.05) is 37.3 Å². The molecular weight excluding hydrogens is 316 g/mol. The average Bonchev–Trinajstić information content (AvgIpc) is 3.00. The summed E-state index contributed by atoms with van der Waals surface area (Å²) in [6, 6.07) is 3.99. The summed E-state index contributed by atoms with van der Waals surface area (Å²) in [6.07, 6.45) is 6.95. The first-order valence-electron chi connectivity index (χ1n) is 8.14. The Morgan fingerprint density at radius 1 is 1.28 bits per heavy atom. The van der Waals surface area contributed by atoms with Crippen molar-refractivity contribution < 1.29 is 9.53 Å². The van der Waals surface area contributed by atoms with Gasteiger partial charge in [-0.05, 0) is 26.0 Å². The van der Waals surface area contributed by atoms with Crippen LogP contribution in [0.5, 0.6) is 5.88 Å².